The molecule has 2 bridgehead atoms. The van der Waals surface area contributed by atoms with E-state index in [0.29, 0.717) is 6.54 Å². The minimum absolute atomic E-state index is 0.0703. The zero-order valence-corrected chi connectivity index (χ0v) is 15.6. The maximum atomic E-state index is 13.3. The van der Waals surface area contributed by atoms with Crippen LogP contribution in [0.2, 0.25) is 0 Å². The lowest BCUT2D eigenvalue weighted by molar-refractivity contribution is -0.153. The van der Waals surface area contributed by atoms with Crippen molar-refractivity contribution in [3.05, 3.63) is 77.9 Å². The van der Waals surface area contributed by atoms with Gasteiger partial charge in [0.25, 0.3) is 0 Å². The molecule has 3 aliphatic rings. The molecule has 28 heavy (non-hydrogen) atoms. The Labute approximate surface area is 163 Å². The number of esters is 1. The van der Waals surface area contributed by atoms with Gasteiger partial charge in [-0.2, -0.15) is 0 Å². The number of hydrogen-bond acceptors (Lipinski definition) is 4. The molecule has 5 rings (SSSR count). The lowest BCUT2D eigenvalue weighted by atomic mass is 9.77. The van der Waals surface area contributed by atoms with Gasteiger partial charge >= 0.3 is 5.97 Å². The summed E-state index contributed by atoms with van der Waals surface area (Å²) in [7, 11) is 0. The average Bonchev–Trinajstić information content (AvgIpc) is 3.35. The first kappa shape index (κ1) is 17.2. The Balaban J connectivity index is 1.39. The Morgan fingerprint density at radius 3 is 2.82 bits per heavy atom. The number of amides is 1. The predicted octanol–water partition coefficient (Wildman–Crippen LogP) is 3.02. The molecule has 2 aromatic carbocycles. The number of benzene rings is 2. The number of ether oxygens (including phenoxy) is 2. The molecular weight excluding hydrogens is 354 g/mol. The van der Waals surface area contributed by atoms with Gasteiger partial charge in [-0.15, -0.1) is 0 Å². The van der Waals surface area contributed by atoms with Gasteiger partial charge in [0.1, 0.15) is 18.1 Å². The maximum absolute atomic E-state index is 13.3. The van der Waals surface area contributed by atoms with Crippen LogP contribution < -0.4 is 4.90 Å². The highest BCUT2D eigenvalue weighted by Crippen LogP contribution is 2.53. The smallest absolute Gasteiger partial charge is 0.313 e. The Morgan fingerprint density at radius 1 is 1.21 bits per heavy atom. The lowest BCUT2D eigenvalue weighted by Crippen LogP contribution is -2.40. The van der Waals surface area contributed by atoms with Crippen LogP contribution in [0.25, 0.3) is 0 Å². The predicted molar refractivity (Wildman–Crippen MR) is 103 cm³/mol. The molecule has 3 heterocycles. The van der Waals surface area contributed by atoms with Gasteiger partial charge in [0.2, 0.25) is 5.91 Å². The molecule has 5 heteroatoms. The van der Waals surface area contributed by atoms with Gasteiger partial charge < -0.3 is 14.4 Å². The molecule has 0 saturated carbocycles. The summed E-state index contributed by atoms with van der Waals surface area (Å²) in [6.07, 6.45) is 3.46. The highest BCUT2D eigenvalue weighted by atomic mass is 16.6. The van der Waals surface area contributed by atoms with Crippen LogP contribution in [0, 0.1) is 18.8 Å². The average molecular weight is 375 g/mol. The van der Waals surface area contributed by atoms with Crippen LogP contribution in [0.15, 0.2) is 66.7 Å². The van der Waals surface area contributed by atoms with Crippen molar-refractivity contribution in [1.29, 1.82) is 0 Å². The Morgan fingerprint density at radius 2 is 2.04 bits per heavy atom. The molecule has 1 amide bonds. The van der Waals surface area contributed by atoms with Crippen molar-refractivity contribution in [3.8, 4) is 0 Å². The van der Waals surface area contributed by atoms with E-state index in [4.69, 9.17) is 9.47 Å². The van der Waals surface area contributed by atoms with Crippen molar-refractivity contribution < 1.29 is 19.1 Å². The number of carbonyl (C=O) groups excluding carboxylic acids is 2. The second kappa shape index (κ2) is 6.31. The van der Waals surface area contributed by atoms with E-state index in [-0.39, 0.29) is 18.5 Å². The third-order valence-corrected chi connectivity index (χ3v) is 5.91. The molecule has 4 atom stereocenters. The fourth-order valence-corrected chi connectivity index (χ4v) is 4.61. The minimum atomic E-state index is -0.734. The van der Waals surface area contributed by atoms with Gasteiger partial charge in [-0.05, 0) is 30.2 Å². The van der Waals surface area contributed by atoms with Gasteiger partial charge in [-0.1, -0.05) is 54.6 Å². The highest BCUT2D eigenvalue weighted by molar-refractivity contribution is 6.02. The van der Waals surface area contributed by atoms with E-state index in [2.05, 4.69) is 0 Å². The van der Waals surface area contributed by atoms with Crippen molar-refractivity contribution >= 4 is 17.6 Å². The second-order valence-corrected chi connectivity index (χ2v) is 7.76. The van der Waals surface area contributed by atoms with Crippen molar-refractivity contribution in [2.45, 2.75) is 25.2 Å². The van der Waals surface area contributed by atoms with E-state index in [1.807, 2.05) is 73.7 Å². The molecular formula is C23H21NO4. The summed E-state index contributed by atoms with van der Waals surface area (Å²) in [5, 5.41) is 0. The Hall–Kier alpha value is -2.92. The van der Waals surface area contributed by atoms with Gasteiger partial charge in [-0.3, -0.25) is 9.59 Å². The fourth-order valence-electron chi connectivity index (χ4n) is 4.61. The largest absolute Gasteiger partial charge is 0.460 e. The summed E-state index contributed by atoms with van der Waals surface area (Å²) in [4.78, 5) is 27.9. The summed E-state index contributed by atoms with van der Waals surface area (Å²) < 4.78 is 11.7. The van der Waals surface area contributed by atoms with Gasteiger partial charge in [-0.25, -0.2) is 0 Å². The maximum Gasteiger partial charge on any atom is 0.313 e. The van der Waals surface area contributed by atoms with Gasteiger partial charge in [0.15, 0.2) is 0 Å². The summed E-state index contributed by atoms with van der Waals surface area (Å²) in [6.45, 7) is 2.62. The molecule has 0 aliphatic carbocycles. The van der Waals surface area contributed by atoms with Crippen molar-refractivity contribution in [3.63, 3.8) is 0 Å². The Kier molecular flexibility index (Phi) is 3.88. The molecule has 5 nitrogen and oxygen atoms in total. The number of carbonyl (C=O) groups is 2. The molecule has 142 valence electrons. The zero-order chi connectivity index (χ0) is 19.3. The number of anilines is 1. The monoisotopic (exact) mass is 375 g/mol. The summed E-state index contributed by atoms with van der Waals surface area (Å²) >= 11 is 0. The number of nitrogens with zero attached hydrogens (tertiary/aromatic N) is 1. The van der Waals surface area contributed by atoms with E-state index in [1.54, 1.807) is 4.90 Å². The van der Waals surface area contributed by atoms with Crippen LogP contribution in [-0.2, 0) is 25.7 Å². The second-order valence-electron chi connectivity index (χ2n) is 7.76. The molecule has 0 unspecified atom stereocenters. The minimum Gasteiger partial charge on any atom is -0.460 e. The van der Waals surface area contributed by atoms with E-state index < -0.39 is 23.5 Å². The summed E-state index contributed by atoms with van der Waals surface area (Å²) in [5.41, 5.74) is 2.11. The fraction of sp³-hybridized carbons (Fsp3) is 0.304. The first-order valence-corrected chi connectivity index (χ1v) is 9.53. The van der Waals surface area contributed by atoms with E-state index in [0.717, 1.165) is 16.8 Å². The van der Waals surface area contributed by atoms with Crippen LogP contribution in [0.4, 0.5) is 5.69 Å². The lowest BCUT2D eigenvalue weighted by Gasteiger charge is -2.22. The molecule has 0 aromatic heterocycles. The molecule has 2 fully saturated rings. The van der Waals surface area contributed by atoms with Crippen LogP contribution in [0.5, 0.6) is 0 Å². The molecule has 2 aromatic rings. The number of fused-ring (bicyclic) bond motifs is 1. The third kappa shape index (κ3) is 2.58. The normalized spacial score (nSPS) is 30.0. The quantitative estimate of drug-likeness (QED) is 0.609. The summed E-state index contributed by atoms with van der Waals surface area (Å²) in [5.74, 6) is -1.58. The van der Waals surface area contributed by atoms with Crippen LogP contribution in [0.3, 0.4) is 0 Å². The molecule has 0 radical (unpaired) electrons. The zero-order valence-electron chi connectivity index (χ0n) is 15.6. The molecule has 2 saturated heterocycles. The highest BCUT2D eigenvalue weighted by Gasteiger charge is 2.67. The first-order chi connectivity index (χ1) is 13.6. The van der Waals surface area contributed by atoms with Crippen LogP contribution in [-0.4, -0.2) is 30.1 Å². The number of rotatable bonds is 4. The van der Waals surface area contributed by atoms with E-state index in [1.165, 1.54) is 0 Å². The van der Waals surface area contributed by atoms with E-state index in [9.17, 15) is 9.59 Å². The van der Waals surface area contributed by atoms with E-state index >= 15 is 0 Å². The molecule has 3 aliphatic heterocycles. The Bertz CT molecular complexity index is 970. The van der Waals surface area contributed by atoms with Crippen molar-refractivity contribution in [2.24, 2.45) is 11.8 Å². The summed E-state index contributed by atoms with van der Waals surface area (Å²) in [6, 6.07) is 17.4. The SMILES string of the molecule is Cc1cccc(N2C[C@@]34C=C[C@H](O3)[C@@H](C(=O)OCc3ccccc3)[C@H]4C2=O)c1. The van der Waals surface area contributed by atoms with Gasteiger partial charge in [0, 0.05) is 5.69 Å². The standard InChI is InChI=1S/C23H21NO4/c1-15-6-5-9-17(12-15)24-14-23-11-10-18(28-23)19(20(23)21(24)25)22(26)27-13-16-7-3-2-4-8-16/h2-12,18-20H,13-14H2,1H3/t18-,19+,20-,23+/m0/s1. The topological polar surface area (TPSA) is 55.8 Å². The van der Waals surface area contributed by atoms with Crippen molar-refractivity contribution in [2.75, 3.05) is 11.4 Å². The number of hydrogen-bond donors (Lipinski definition) is 0. The number of aryl methyl sites for hydroxylation is 1. The first-order valence-electron chi connectivity index (χ1n) is 9.53. The van der Waals surface area contributed by atoms with Gasteiger partial charge in [0.05, 0.1) is 18.6 Å². The van der Waals surface area contributed by atoms with Crippen molar-refractivity contribution in [1.82, 2.24) is 0 Å². The third-order valence-electron chi connectivity index (χ3n) is 5.91. The van der Waals surface area contributed by atoms with Crippen LogP contribution in [0.1, 0.15) is 11.1 Å². The van der Waals surface area contributed by atoms with Crippen LogP contribution >= 0.6 is 0 Å². The molecule has 0 N–H and O–H groups in total. The molecule has 1 spiro atoms.